The van der Waals surface area contributed by atoms with E-state index in [9.17, 15) is 19.2 Å². The SMILES string of the molecule is Cc1ccc(C(=O)[C@H](C)OC(=O)CCN2C(=O)[C@@H]3[C@H]4C=C[C@@H]([C@@H]5C[C@@H]45)[C@H]3C2=O)cc1. The standard InChI is InChI=1S/C24H25NO5/c1-12-3-5-14(6-4-12)22(27)13(2)30-19(26)9-10-25-23(28)20-15-7-8-16(18-11-17(15)18)21(20)24(25)29/h3-8,13,15-18,20-21H,9-11H2,1-2H3/t13-,15-,16-,17-,18-,20+,21+/m0/s1. The molecule has 4 aliphatic carbocycles. The van der Waals surface area contributed by atoms with E-state index in [1.54, 1.807) is 12.1 Å². The summed E-state index contributed by atoms with van der Waals surface area (Å²) in [6.07, 6.45) is 4.36. The summed E-state index contributed by atoms with van der Waals surface area (Å²) in [7, 11) is 0. The van der Waals surface area contributed by atoms with Crippen LogP contribution in [0.25, 0.3) is 0 Å². The molecule has 1 aromatic carbocycles. The molecule has 1 aromatic rings. The van der Waals surface area contributed by atoms with Crippen LogP contribution >= 0.6 is 0 Å². The number of esters is 1. The van der Waals surface area contributed by atoms with Crippen molar-refractivity contribution in [1.82, 2.24) is 4.90 Å². The molecule has 1 saturated heterocycles. The second-order valence-electron chi connectivity index (χ2n) is 9.10. The number of nitrogens with zero attached hydrogens (tertiary/aromatic N) is 1. The Labute approximate surface area is 175 Å². The van der Waals surface area contributed by atoms with Gasteiger partial charge in [0.05, 0.1) is 18.3 Å². The summed E-state index contributed by atoms with van der Waals surface area (Å²) in [6, 6.07) is 7.08. The zero-order valence-corrected chi connectivity index (χ0v) is 17.1. The van der Waals surface area contributed by atoms with E-state index in [0.717, 1.165) is 12.0 Å². The highest BCUT2D eigenvalue weighted by atomic mass is 16.5. The van der Waals surface area contributed by atoms with Crippen LogP contribution in [0.15, 0.2) is 36.4 Å². The molecule has 3 fully saturated rings. The van der Waals surface area contributed by atoms with Gasteiger partial charge in [0.15, 0.2) is 6.10 Å². The Morgan fingerprint density at radius 2 is 1.60 bits per heavy atom. The highest BCUT2D eigenvalue weighted by Crippen LogP contribution is 2.65. The van der Waals surface area contributed by atoms with Gasteiger partial charge in [-0.3, -0.25) is 24.1 Å². The summed E-state index contributed by atoms with van der Waals surface area (Å²) in [4.78, 5) is 51.8. The topological polar surface area (TPSA) is 80.8 Å². The molecule has 0 aromatic heterocycles. The Morgan fingerprint density at radius 1 is 1.03 bits per heavy atom. The quantitative estimate of drug-likeness (QED) is 0.313. The van der Waals surface area contributed by atoms with Gasteiger partial charge in [-0.1, -0.05) is 42.0 Å². The molecular formula is C24H25NO5. The highest BCUT2D eigenvalue weighted by molar-refractivity contribution is 6.06. The number of Topliss-reactive ketones (excluding diaryl/α,β-unsaturated/α-hetero) is 1. The third-order valence-electron chi connectivity index (χ3n) is 7.31. The molecule has 1 heterocycles. The predicted octanol–water partition coefficient (Wildman–Crippen LogP) is 2.55. The summed E-state index contributed by atoms with van der Waals surface area (Å²) in [5, 5.41) is 0. The second-order valence-corrected chi connectivity index (χ2v) is 9.10. The van der Waals surface area contributed by atoms with E-state index < -0.39 is 12.1 Å². The van der Waals surface area contributed by atoms with E-state index in [1.807, 2.05) is 19.1 Å². The first-order valence-electron chi connectivity index (χ1n) is 10.7. The van der Waals surface area contributed by atoms with Crippen LogP contribution in [0, 0.1) is 42.4 Å². The fraction of sp³-hybridized carbons (Fsp3) is 0.500. The number of aryl methyl sites for hydroxylation is 1. The van der Waals surface area contributed by atoms with Crippen molar-refractivity contribution in [3.05, 3.63) is 47.5 Å². The van der Waals surface area contributed by atoms with Gasteiger partial charge in [0, 0.05) is 12.1 Å². The predicted molar refractivity (Wildman–Crippen MR) is 107 cm³/mol. The van der Waals surface area contributed by atoms with Gasteiger partial charge in [0.25, 0.3) is 0 Å². The minimum Gasteiger partial charge on any atom is -0.454 e. The Kier molecular flexibility index (Phi) is 4.42. The van der Waals surface area contributed by atoms with Crippen LogP contribution in [0.3, 0.4) is 0 Å². The van der Waals surface area contributed by atoms with Crippen molar-refractivity contribution in [2.45, 2.75) is 32.8 Å². The van der Waals surface area contributed by atoms with E-state index in [1.165, 1.54) is 11.8 Å². The van der Waals surface area contributed by atoms with Crippen molar-refractivity contribution in [2.24, 2.45) is 35.5 Å². The molecule has 0 radical (unpaired) electrons. The van der Waals surface area contributed by atoms with Gasteiger partial charge in [0.2, 0.25) is 17.6 Å². The first kappa shape index (κ1) is 19.2. The number of benzene rings is 1. The smallest absolute Gasteiger partial charge is 0.308 e. The van der Waals surface area contributed by atoms with Crippen LogP contribution in [-0.2, 0) is 19.1 Å². The molecule has 0 spiro atoms. The fourth-order valence-corrected chi connectivity index (χ4v) is 5.70. The van der Waals surface area contributed by atoms with E-state index in [0.29, 0.717) is 17.4 Å². The molecule has 1 aliphatic heterocycles. The molecule has 0 N–H and O–H groups in total. The molecule has 156 valence electrons. The van der Waals surface area contributed by atoms with Gasteiger partial charge in [0.1, 0.15) is 0 Å². The highest BCUT2D eigenvalue weighted by Gasteiger charge is 2.66. The summed E-state index contributed by atoms with van der Waals surface area (Å²) < 4.78 is 5.27. The molecule has 2 amide bonds. The lowest BCUT2D eigenvalue weighted by molar-refractivity contribution is -0.148. The van der Waals surface area contributed by atoms with E-state index in [-0.39, 0.29) is 54.2 Å². The molecular weight excluding hydrogens is 382 g/mol. The summed E-state index contributed by atoms with van der Waals surface area (Å²) >= 11 is 0. The Morgan fingerprint density at radius 3 is 2.17 bits per heavy atom. The Bertz CT molecular complexity index is 928. The number of ether oxygens (including phenoxy) is 1. The number of amides is 2. The van der Waals surface area contributed by atoms with Crippen LogP contribution in [0.4, 0.5) is 0 Å². The minimum absolute atomic E-state index is 0.0176. The van der Waals surface area contributed by atoms with Crippen molar-refractivity contribution >= 4 is 23.6 Å². The van der Waals surface area contributed by atoms with Crippen molar-refractivity contribution in [2.75, 3.05) is 6.54 Å². The minimum atomic E-state index is -0.917. The average Bonchev–Trinajstić information content (AvgIpc) is 3.51. The van der Waals surface area contributed by atoms with Gasteiger partial charge in [-0.05, 0) is 43.9 Å². The molecule has 0 unspecified atom stereocenters. The average molecular weight is 407 g/mol. The van der Waals surface area contributed by atoms with Gasteiger partial charge in [-0.15, -0.1) is 0 Å². The van der Waals surface area contributed by atoms with Crippen LogP contribution in [0.5, 0.6) is 0 Å². The number of likely N-dealkylation sites (tertiary alicyclic amines) is 1. The van der Waals surface area contributed by atoms with Crippen molar-refractivity contribution in [1.29, 1.82) is 0 Å². The summed E-state index contributed by atoms with van der Waals surface area (Å²) in [6.45, 7) is 3.49. The van der Waals surface area contributed by atoms with Gasteiger partial charge in [-0.25, -0.2) is 0 Å². The van der Waals surface area contributed by atoms with Crippen molar-refractivity contribution in [3.63, 3.8) is 0 Å². The zero-order chi connectivity index (χ0) is 21.2. The number of rotatable bonds is 6. The number of allylic oxidation sites excluding steroid dienone is 2. The second kappa shape index (κ2) is 6.89. The largest absolute Gasteiger partial charge is 0.454 e. The molecule has 6 nitrogen and oxygen atoms in total. The number of imide groups is 1. The number of ketones is 1. The van der Waals surface area contributed by atoms with Crippen LogP contribution < -0.4 is 0 Å². The molecule has 7 atom stereocenters. The van der Waals surface area contributed by atoms with Crippen molar-refractivity contribution in [3.8, 4) is 0 Å². The number of hydrogen-bond donors (Lipinski definition) is 0. The molecule has 5 aliphatic rings. The normalized spacial score (nSPS) is 33.9. The fourth-order valence-electron chi connectivity index (χ4n) is 5.70. The zero-order valence-electron chi connectivity index (χ0n) is 17.1. The van der Waals surface area contributed by atoms with E-state index >= 15 is 0 Å². The summed E-state index contributed by atoms with van der Waals surface area (Å²) in [5.74, 6) is -0.211. The lowest BCUT2D eigenvalue weighted by atomic mass is 9.63. The first-order valence-corrected chi connectivity index (χ1v) is 10.7. The molecule has 6 heteroatoms. The molecule has 6 rings (SSSR count). The monoisotopic (exact) mass is 407 g/mol. The Hall–Kier alpha value is -2.76. The maximum atomic E-state index is 12.9. The molecule has 2 saturated carbocycles. The van der Waals surface area contributed by atoms with E-state index in [2.05, 4.69) is 12.2 Å². The van der Waals surface area contributed by atoms with Gasteiger partial charge < -0.3 is 4.74 Å². The van der Waals surface area contributed by atoms with Crippen LogP contribution in [0.2, 0.25) is 0 Å². The van der Waals surface area contributed by atoms with Crippen molar-refractivity contribution < 1.29 is 23.9 Å². The third kappa shape index (κ3) is 2.92. The maximum absolute atomic E-state index is 12.9. The number of hydrogen-bond acceptors (Lipinski definition) is 5. The van der Waals surface area contributed by atoms with Crippen LogP contribution in [-0.4, -0.2) is 41.1 Å². The molecule has 2 bridgehead atoms. The number of carbonyl (C=O) groups excluding carboxylic acids is 4. The maximum Gasteiger partial charge on any atom is 0.308 e. The van der Waals surface area contributed by atoms with Gasteiger partial charge >= 0.3 is 5.97 Å². The van der Waals surface area contributed by atoms with Gasteiger partial charge in [-0.2, -0.15) is 0 Å². The first-order chi connectivity index (χ1) is 14.4. The lowest BCUT2D eigenvalue weighted by Gasteiger charge is -2.37. The molecule has 30 heavy (non-hydrogen) atoms. The lowest BCUT2D eigenvalue weighted by Crippen LogP contribution is -2.40. The van der Waals surface area contributed by atoms with E-state index in [4.69, 9.17) is 4.74 Å². The third-order valence-corrected chi connectivity index (χ3v) is 7.31. The van der Waals surface area contributed by atoms with Crippen LogP contribution in [0.1, 0.15) is 35.7 Å². The number of carbonyl (C=O) groups is 4. The Balaban J connectivity index is 1.18. The summed E-state index contributed by atoms with van der Waals surface area (Å²) in [5.41, 5.74) is 1.52.